The van der Waals surface area contributed by atoms with Crippen molar-refractivity contribution in [3.05, 3.63) is 83.2 Å². The van der Waals surface area contributed by atoms with Crippen LogP contribution in [0.15, 0.2) is 60.9 Å². The van der Waals surface area contributed by atoms with Crippen molar-refractivity contribution in [3.63, 3.8) is 0 Å². The van der Waals surface area contributed by atoms with Crippen molar-refractivity contribution in [3.8, 4) is 11.5 Å². The van der Waals surface area contributed by atoms with Crippen molar-refractivity contribution in [1.82, 2.24) is 40.4 Å². The number of urea groups is 1. The van der Waals surface area contributed by atoms with Crippen LogP contribution in [-0.4, -0.2) is 134 Å². The average molecular weight is 979 g/mol. The van der Waals surface area contributed by atoms with Crippen LogP contribution < -0.4 is 30.7 Å². The van der Waals surface area contributed by atoms with Crippen molar-refractivity contribution < 1.29 is 37.3 Å². The molecule has 0 bridgehead atoms. The molecule has 0 atom stereocenters. The van der Waals surface area contributed by atoms with Crippen molar-refractivity contribution >= 4 is 88.8 Å². The molecule has 2 amide bonds. The molecule has 18 heteroatoms. The summed E-state index contributed by atoms with van der Waals surface area (Å²) in [6.45, 7) is 15.4. The van der Waals surface area contributed by atoms with Crippen LogP contribution in [0.4, 0.5) is 29.6 Å². The van der Waals surface area contributed by atoms with Crippen molar-refractivity contribution in [2.75, 3.05) is 91.3 Å². The molecule has 0 aliphatic heterocycles. The van der Waals surface area contributed by atoms with Gasteiger partial charge in [-0.15, -0.1) is 0 Å². The lowest BCUT2D eigenvalue weighted by atomic mass is 9.96. The topological polar surface area (TPSA) is 185 Å². The SMILES string of the molecule is COc1ccc2[nH]c3c(C)c4ccnc(NCCCN(C)CCCNC(=O)NCCCN(C)CCCNc5nccc6c(C)c7[nH]c8ccc(OC)cc8c7c(C)c56)c4c(C)c3c2c1.O=C(O)C(F)(F)F. The second kappa shape index (κ2) is 22.8. The van der Waals surface area contributed by atoms with E-state index in [1.807, 2.05) is 24.5 Å². The summed E-state index contributed by atoms with van der Waals surface area (Å²) >= 11 is 0. The van der Waals surface area contributed by atoms with Gasteiger partial charge in [0.1, 0.15) is 23.1 Å². The Kier molecular flexibility index (Phi) is 16.6. The summed E-state index contributed by atoms with van der Waals surface area (Å²) in [6, 6.07) is 16.5. The first-order chi connectivity index (χ1) is 34.0. The summed E-state index contributed by atoms with van der Waals surface area (Å²) < 4.78 is 42.8. The number of aliphatic carboxylic acids is 1. The van der Waals surface area contributed by atoms with E-state index in [2.05, 4.69) is 119 Å². The number of alkyl halides is 3. The predicted molar refractivity (Wildman–Crippen MR) is 280 cm³/mol. The van der Waals surface area contributed by atoms with Gasteiger partial charge in [-0.2, -0.15) is 13.2 Å². The molecule has 4 aromatic heterocycles. The number of carboxylic acid groups (broad SMARTS) is 1. The first-order valence-electron chi connectivity index (χ1n) is 23.9. The molecule has 8 aromatic rings. The number of aryl methyl sites for hydroxylation is 4. The van der Waals surface area contributed by atoms with Crippen molar-refractivity contribution in [1.29, 1.82) is 0 Å². The number of amides is 2. The molecule has 15 nitrogen and oxygen atoms in total. The zero-order valence-corrected chi connectivity index (χ0v) is 41.8. The lowest BCUT2D eigenvalue weighted by Gasteiger charge is -2.18. The van der Waals surface area contributed by atoms with E-state index < -0.39 is 12.1 Å². The number of H-pyrrole nitrogens is 2. The van der Waals surface area contributed by atoms with E-state index in [0.717, 1.165) is 121 Å². The zero-order chi connectivity index (χ0) is 51.0. The molecule has 0 unspecified atom stereocenters. The number of aromatic amines is 2. The lowest BCUT2D eigenvalue weighted by molar-refractivity contribution is -0.192. The number of halogens is 3. The number of ether oxygens (including phenoxy) is 2. The van der Waals surface area contributed by atoms with Gasteiger partial charge in [0.15, 0.2) is 0 Å². The number of hydrogen-bond acceptors (Lipinski definition) is 10. The van der Waals surface area contributed by atoms with E-state index >= 15 is 0 Å². The fourth-order valence-electron chi connectivity index (χ4n) is 9.53. The van der Waals surface area contributed by atoms with Gasteiger partial charge in [-0.1, -0.05) is 0 Å². The third-order valence-corrected chi connectivity index (χ3v) is 13.2. The number of anilines is 2. The van der Waals surface area contributed by atoms with E-state index in [4.69, 9.17) is 29.3 Å². The smallest absolute Gasteiger partial charge is 0.490 e. The Balaban J connectivity index is 0.000000985. The summed E-state index contributed by atoms with van der Waals surface area (Å²) in [6.07, 6.45) is 2.44. The van der Waals surface area contributed by atoms with E-state index in [-0.39, 0.29) is 6.03 Å². The highest BCUT2D eigenvalue weighted by atomic mass is 19.4. The second-order valence-corrected chi connectivity index (χ2v) is 18.1. The molecule has 8 rings (SSSR count). The number of rotatable bonds is 20. The summed E-state index contributed by atoms with van der Waals surface area (Å²) in [4.78, 5) is 42.9. The number of nitrogens with one attached hydrogen (secondary N) is 6. The minimum atomic E-state index is -5.08. The van der Waals surface area contributed by atoms with Crippen LogP contribution in [0.3, 0.4) is 0 Å². The summed E-state index contributed by atoms with van der Waals surface area (Å²) in [5.41, 5.74) is 9.39. The third-order valence-electron chi connectivity index (χ3n) is 13.2. The second-order valence-electron chi connectivity index (χ2n) is 18.1. The van der Waals surface area contributed by atoms with Crippen LogP contribution in [0, 0.1) is 27.7 Å². The molecule has 0 fully saturated rings. The van der Waals surface area contributed by atoms with Crippen molar-refractivity contribution in [2.45, 2.75) is 59.6 Å². The predicted octanol–water partition coefficient (Wildman–Crippen LogP) is 10.2. The minimum Gasteiger partial charge on any atom is -0.497 e. The number of carbonyl (C=O) groups excluding carboxylic acids is 1. The zero-order valence-electron chi connectivity index (χ0n) is 41.8. The summed E-state index contributed by atoms with van der Waals surface area (Å²) in [5.74, 6) is 0.784. The molecule has 0 aliphatic rings. The Morgan fingerprint density at radius 1 is 0.592 bits per heavy atom. The van der Waals surface area contributed by atoms with Crippen LogP contribution in [0.5, 0.6) is 11.5 Å². The fourth-order valence-corrected chi connectivity index (χ4v) is 9.53. The Labute approximate surface area is 410 Å². The average Bonchev–Trinajstić information content (AvgIpc) is 3.94. The van der Waals surface area contributed by atoms with Crippen LogP contribution >= 0.6 is 0 Å². The molecular weight excluding hydrogens is 914 g/mol. The Hall–Kier alpha value is -7.05. The maximum atomic E-state index is 12.5. The largest absolute Gasteiger partial charge is 0.497 e. The quantitative estimate of drug-likeness (QED) is 0.0361. The number of nitrogens with zero attached hydrogens (tertiary/aromatic N) is 4. The number of aromatic nitrogens is 4. The molecule has 71 heavy (non-hydrogen) atoms. The first-order valence-corrected chi connectivity index (χ1v) is 23.9. The number of methoxy groups -OCH3 is 2. The molecule has 0 radical (unpaired) electrons. The van der Waals surface area contributed by atoms with E-state index in [0.29, 0.717) is 13.1 Å². The highest BCUT2D eigenvalue weighted by Gasteiger charge is 2.38. The molecule has 0 saturated heterocycles. The van der Waals surface area contributed by atoms with Gasteiger partial charge in [0.05, 0.1) is 25.3 Å². The van der Waals surface area contributed by atoms with Gasteiger partial charge in [0.25, 0.3) is 0 Å². The van der Waals surface area contributed by atoms with Gasteiger partial charge in [0.2, 0.25) is 0 Å². The monoisotopic (exact) mass is 979 g/mol. The van der Waals surface area contributed by atoms with E-state index in [9.17, 15) is 18.0 Å². The Morgan fingerprint density at radius 2 is 0.972 bits per heavy atom. The number of carbonyl (C=O) groups is 2. The summed E-state index contributed by atoms with van der Waals surface area (Å²) in [7, 11) is 7.70. The molecule has 7 N–H and O–H groups in total. The van der Waals surface area contributed by atoms with E-state index in [1.54, 1.807) is 14.2 Å². The number of fused-ring (bicyclic) bond motifs is 8. The maximum Gasteiger partial charge on any atom is 0.490 e. The number of hydrogen-bond donors (Lipinski definition) is 7. The number of pyridine rings is 2. The molecule has 0 aliphatic carbocycles. The number of carboxylic acids is 1. The lowest BCUT2D eigenvalue weighted by Crippen LogP contribution is -2.38. The van der Waals surface area contributed by atoms with Crippen LogP contribution in [0.2, 0.25) is 0 Å². The van der Waals surface area contributed by atoms with E-state index in [1.165, 1.54) is 54.6 Å². The molecule has 4 aromatic carbocycles. The van der Waals surface area contributed by atoms with Gasteiger partial charge in [-0.3, -0.25) is 0 Å². The Bertz CT molecular complexity index is 2990. The normalized spacial score (nSPS) is 11.8. The molecule has 4 heterocycles. The maximum absolute atomic E-state index is 12.5. The van der Waals surface area contributed by atoms with Gasteiger partial charge >= 0.3 is 18.2 Å². The van der Waals surface area contributed by atoms with Crippen LogP contribution in [0.25, 0.3) is 65.2 Å². The number of benzene rings is 4. The van der Waals surface area contributed by atoms with Gasteiger partial charge in [-0.05, 0) is 175 Å². The molecule has 0 spiro atoms. The highest BCUT2D eigenvalue weighted by molar-refractivity contribution is 6.19. The fraction of sp³-hybridized carbons (Fsp3) is 0.396. The molecule has 378 valence electrons. The summed E-state index contributed by atoms with van der Waals surface area (Å²) in [5, 5.41) is 30.0. The molecular formula is C53H65F3N10O5. The van der Waals surface area contributed by atoms with Crippen molar-refractivity contribution in [2.24, 2.45) is 0 Å². The molecule has 0 saturated carbocycles. The minimum absolute atomic E-state index is 0.104. The highest BCUT2D eigenvalue weighted by Crippen LogP contribution is 2.41. The Morgan fingerprint density at radius 3 is 1.34 bits per heavy atom. The van der Waals surface area contributed by atoms with Crippen LogP contribution in [0.1, 0.15) is 47.9 Å². The van der Waals surface area contributed by atoms with Gasteiger partial charge in [-0.25, -0.2) is 19.6 Å². The third kappa shape index (κ3) is 11.8. The first kappa shape index (κ1) is 51.8. The van der Waals surface area contributed by atoms with Gasteiger partial charge < -0.3 is 55.6 Å². The van der Waals surface area contributed by atoms with Crippen LogP contribution in [-0.2, 0) is 4.79 Å². The standard InChI is InChI=1S/C51H64N10O3.C2HF3O2/c1-31-37-17-23-54-49(45(37)33(3)43-39-29-35(63-7)13-15-41(39)58-47(31)43)52-19-9-25-60(5)27-11-21-56-51(62)57-22-12-28-61(6)26-10-20-53-50-46-34(4)44-40-30-36(64-8)14-16-42(40)59-48(44)32(2)38(46)18-24-55-50;3-2(4,5)1(6)7/h13-18,23-24,29-30,58-59H,9-12,19-22,25-28H2,1-8H3,(H,52,54)(H,53,55)(H2,56,57,62);(H,6,7). The van der Waals surface area contributed by atoms with Gasteiger partial charge in [0, 0.05) is 81.9 Å².